The largest absolute Gasteiger partial charge is 0.494 e. The van der Waals surface area contributed by atoms with Gasteiger partial charge in [0.1, 0.15) is 11.6 Å². The first-order valence-electron chi connectivity index (χ1n) is 9.49. The van der Waals surface area contributed by atoms with Gasteiger partial charge in [-0.2, -0.15) is 0 Å². The molecule has 0 aromatic heterocycles. The molecule has 0 spiro atoms. The Labute approximate surface area is 177 Å². The Bertz CT molecular complexity index is 945. The normalized spacial score (nSPS) is 10.2. The standard InChI is InChI=1S/C24H24FNO2.ClH/c25-22-12-4-8-18(15-22)7-2-1-3-14-28-23-13-6-10-20(17-23)19-9-5-11-21(16-19)24(26)27;/h4-6,8-13,15-17H,1-3,7,14H2,(H2,26,27);1H. The van der Waals surface area contributed by atoms with E-state index in [0.717, 1.165) is 48.1 Å². The van der Waals surface area contributed by atoms with E-state index < -0.39 is 5.91 Å². The predicted octanol–water partition coefficient (Wildman–Crippen LogP) is 5.81. The first-order valence-corrected chi connectivity index (χ1v) is 9.49. The van der Waals surface area contributed by atoms with Crippen molar-refractivity contribution in [2.45, 2.75) is 25.7 Å². The number of benzene rings is 3. The summed E-state index contributed by atoms with van der Waals surface area (Å²) in [6.45, 7) is 0.633. The molecule has 5 heteroatoms. The first kappa shape index (κ1) is 22.4. The Morgan fingerprint density at radius 1 is 0.862 bits per heavy atom. The van der Waals surface area contributed by atoms with Gasteiger partial charge in [-0.1, -0.05) is 36.4 Å². The number of carbonyl (C=O) groups excluding carboxylic acids is 1. The number of halogens is 2. The molecular weight excluding hydrogens is 389 g/mol. The van der Waals surface area contributed by atoms with Gasteiger partial charge in [0.25, 0.3) is 0 Å². The zero-order valence-corrected chi connectivity index (χ0v) is 17.0. The number of nitrogens with two attached hydrogens (primary N) is 1. The number of rotatable bonds is 9. The molecule has 29 heavy (non-hydrogen) atoms. The van der Waals surface area contributed by atoms with E-state index in [9.17, 15) is 9.18 Å². The van der Waals surface area contributed by atoms with Crippen molar-refractivity contribution in [3.8, 4) is 16.9 Å². The molecule has 3 rings (SSSR count). The van der Waals surface area contributed by atoms with E-state index in [2.05, 4.69) is 0 Å². The highest BCUT2D eigenvalue weighted by atomic mass is 35.5. The van der Waals surface area contributed by atoms with Crippen LogP contribution >= 0.6 is 12.4 Å². The molecule has 3 nitrogen and oxygen atoms in total. The van der Waals surface area contributed by atoms with Crippen LogP contribution in [0.5, 0.6) is 5.75 Å². The lowest BCUT2D eigenvalue weighted by atomic mass is 10.0. The fourth-order valence-corrected chi connectivity index (χ4v) is 3.11. The molecule has 0 heterocycles. The maximum atomic E-state index is 13.2. The Kier molecular flexibility index (Phi) is 8.68. The number of aryl methyl sites for hydroxylation is 1. The molecule has 0 aliphatic heterocycles. The van der Waals surface area contributed by atoms with E-state index in [1.54, 1.807) is 24.3 Å². The Morgan fingerprint density at radius 3 is 2.34 bits per heavy atom. The van der Waals surface area contributed by atoms with E-state index >= 15 is 0 Å². The second-order valence-corrected chi connectivity index (χ2v) is 6.76. The molecule has 0 radical (unpaired) electrons. The lowest BCUT2D eigenvalue weighted by molar-refractivity contribution is 0.100. The van der Waals surface area contributed by atoms with Gasteiger partial charge < -0.3 is 10.5 Å². The number of amides is 1. The third-order valence-electron chi connectivity index (χ3n) is 4.58. The van der Waals surface area contributed by atoms with Gasteiger partial charge in [0.05, 0.1) is 6.61 Å². The fourth-order valence-electron chi connectivity index (χ4n) is 3.11. The Balaban J connectivity index is 0.00000300. The van der Waals surface area contributed by atoms with Crippen LogP contribution in [0.3, 0.4) is 0 Å². The molecule has 0 aliphatic rings. The SMILES string of the molecule is Cl.NC(=O)c1cccc(-c2cccc(OCCCCCc3cccc(F)c3)c2)c1. The lowest BCUT2D eigenvalue weighted by Gasteiger charge is -2.09. The molecule has 0 aliphatic carbocycles. The van der Waals surface area contributed by atoms with Crippen molar-refractivity contribution < 1.29 is 13.9 Å². The molecule has 152 valence electrons. The van der Waals surface area contributed by atoms with Gasteiger partial charge in [0.2, 0.25) is 5.91 Å². The topological polar surface area (TPSA) is 52.3 Å². The molecular formula is C24H25ClFNO2. The van der Waals surface area contributed by atoms with Crippen LogP contribution in [0.25, 0.3) is 11.1 Å². The van der Waals surface area contributed by atoms with E-state index in [-0.39, 0.29) is 18.2 Å². The zero-order chi connectivity index (χ0) is 19.8. The van der Waals surface area contributed by atoms with Crippen molar-refractivity contribution >= 4 is 18.3 Å². The maximum absolute atomic E-state index is 13.2. The minimum Gasteiger partial charge on any atom is -0.494 e. The van der Waals surface area contributed by atoms with Crippen molar-refractivity contribution in [2.24, 2.45) is 5.73 Å². The predicted molar refractivity (Wildman–Crippen MR) is 117 cm³/mol. The molecule has 0 saturated carbocycles. The third-order valence-corrected chi connectivity index (χ3v) is 4.58. The number of carbonyl (C=O) groups is 1. The summed E-state index contributed by atoms with van der Waals surface area (Å²) < 4.78 is 19.0. The highest BCUT2D eigenvalue weighted by molar-refractivity contribution is 5.94. The number of hydrogen-bond donors (Lipinski definition) is 1. The number of hydrogen-bond acceptors (Lipinski definition) is 2. The van der Waals surface area contributed by atoms with Crippen LogP contribution in [0.2, 0.25) is 0 Å². The number of unbranched alkanes of at least 4 members (excludes halogenated alkanes) is 2. The highest BCUT2D eigenvalue weighted by Crippen LogP contribution is 2.25. The van der Waals surface area contributed by atoms with Crippen LogP contribution in [-0.4, -0.2) is 12.5 Å². The lowest BCUT2D eigenvalue weighted by Crippen LogP contribution is -2.10. The molecule has 3 aromatic carbocycles. The van der Waals surface area contributed by atoms with Gasteiger partial charge in [0, 0.05) is 5.56 Å². The molecule has 2 N–H and O–H groups in total. The van der Waals surface area contributed by atoms with E-state index in [0.29, 0.717) is 12.2 Å². The van der Waals surface area contributed by atoms with Crippen LogP contribution in [-0.2, 0) is 6.42 Å². The summed E-state index contributed by atoms with van der Waals surface area (Å²) in [5, 5.41) is 0. The Hall–Kier alpha value is -2.85. The number of primary amides is 1. The molecule has 0 fully saturated rings. The van der Waals surface area contributed by atoms with Gasteiger partial charge in [0.15, 0.2) is 0 Å². The fraction of sp³-hybridized carbons (Fsp3) is 0.208. The second kappa shape index (κ2) is 11.2. The van der Waals surface area contributed by atoms with Crippen molar-refractivity contribution in [1.82, 2.24) is 0 Å². The monoisotopic (exact) mass is 413 g/mol. The van der Waals surface area contributed by atoms with Gasteiger partial charge in [-0.05, 0) is 78.8 Å². The van der Waals surface area contributed by atoms with Gasteiger partial charge in [-0.15, -0.1) is 12.4 Å². The van der Waals surface area contributed by atoms with Crippen molar-refractivity contribution in [3.05, 3.63) is 89.7 Å². The molecule has 0 bridgehead atoms. The van der Waals surface area contributed by atoms with Gasteiger partial charge >= 0.3 is 0 Å². The maximum Gasteiger partial charge on any atom is 0.248 e. The summed E-state index contributed by atoms with van der Waals surface area (Å²) >= 11 is 0. The van der Waals surface area contributed by atoms with E-state index in [4.69, 9.17) is 10.5 Å². The molecule has 0 saturated heterocycles. The van der Waals surface area contributed by atoms with Crippen molar-refractivity contribution in [1.29, 1.82) is 0 Å². The quantitative estimate of drug-likeness (QED) is 0.450. The van der Waals surface area contributed by atoms with Crippen LogP contribution in [0, 0.1) is 5.82 Å². The summed E-state index contributed by atoms with van der Waals surface area (Å²) in [6, 6.07) is 21.8. The smallest absolute Gasteiger partial charge is 0.248 e. The minimum atomic E-state index is -0.438. The van der Waals surface area contributed by atoms with E-state index in [1.165, 1.54) is 6.07 Å². The van der Waals surface area contributed by atoms with Gasteiger partial charge in [-0.25, -0.2) is 4.39 Å². The molecule has 3 aromatic rings. The summed E-state index contributed by atoms with van der Waals surface area (Å²) in [5.74, 6) is 0.182. The number of ether oxygens (including phenoxy) is 1. The first-order chi connectivity index (χ1) is 13.6. The van der Waals surface area contributed by atoms with Gasteiger partial charge in [-0.3, -0.25) is 4.79 Å². The van der Waals surface area contributed by atoms with Crippen molar-refractivity contribution in [2.75, 3.05) is 6.61 Å². The van der Waals surface area contributed by atoms with Crippen molar-refractivity contribution in [3.63, 3.8) is 0 Å². The molecule has 1 amide bonds. The summed E-state index contributed by atoms with van der Waals surface area (Å²) in [6.07, 6.45) is 3.85. The molecule has 0 unspecified atom stereocenters. The van der Waals surface area contributed by atoms with Crippen LogP contribution in [0.15, 0.2) is 72.8 Å². The summed E-state index contributed by atoms with van der Waals surface area (Å²) in [7, 11) is 0. The highest BCUT2D eigenvalue weighted by Gasteiger charge is 2.05. The Morgan fingerprint density at radius 2 is 1.59 bits per heavy atom. The van der Waals surface area contributed by atoms with E-state index in [1.807, 2.05) is 42.5 Å². The summed E-state index contributed by atoms with van der Waals surface area (Å²) in [4.78, 5) is 11.4. The third kappa shape index (κ3) is 6.91. The van der Waals surface area contributed by atoms with Crippen LogP contribution in [0.4, 0.5) is 4.39 Å². The summed E-state index contributed by atoms with van der Waals surface area (Å²) in [5.41, 5.74) is 8.79. The minimum absolute atomic E-state index is 0. The van der Waals surface area contributed by atoms with Crippen LogP contribution < -0.4 is 10.5 Å². The second-order valence-electron chi connectivity index (χ2n) is 6.76. The van der Waals surface area contributed by atoms with Crippen LogP contribution in [0.1, 0.15) is 35.2 Å². The average Bonchev–Trinajstić information content (AvgIpc) is 2.71. The average molecular weight is 414 g/mol. The zero-order valence-electron chi connectivity index (χ0n) is 16.1. The molecule has 0 atom stereocenters.